The van der Waals surface area contributed by atoms with Gasteiger partial charge < -0.3 is 9.84 Å². The first-order valence-corrected chi connectivity index (χ1v) is 12.9. The lowest BCUT2D eigenvalue weighted by Gasteiger charge is -2.38. The Bertz CT molecular complexity index is 751. The maximum atomic E-state index is 13.3. The first-order valence-electron chi connectivity index (χ1n) is 10.9. The van der Waals surface area contributed by atoms with Gasteiger partial charge in [0.05, 0.1) is 13.0 Å². The lowest BCUT2D eigenvalue weighted by Crippen LogP contribution is -2.46. The van der Waals surface area contributed by atoms with E-state index in [1.807, 2.05) is 56.1 Å². The van der Waals surface area contributed by atoms with Crippen LogP contribution in [0.3, 0.4) is 0 Å². The van der Waals surface area contributed by atoms with E-state index in [-0.39, 0.29) is 18.0 Å². The molecular weight excluding hydrogens is 393 g/mol. The monoisotopic (exact) mass is 430 g/mol. The Kier molecular flexibility index (Phi) is 9.48. The molecule has 0 radical (unpaired) electrons. The van der Waals surface area contributed by atoms with Gasteiger partial charge in [0.1, 0.15) is 19.7 Å². The SMILES string of the molecule is C=[P+](C)C1(O)CCN(C(C(=O)OC(C)C(C)C=CC=CCC)c2ccccc2)CC1. The molecule has 1 N–H and O–H groups in total. The minimum atomic E-state index is -0.699. The van der Waals surface area contributed by atoms with Crippen molar-refractivity contribution >= 4 is 19.8 Å². The van der Waals surface area contributed by atoms with Crippen LogP contribution in [-0.2, 0) is 9.53 Å². The average molecular weight is 431 g/mol. The highest BCUT2D eigenvalue weighted by Gasteiger charge is 2.44. The number of hydrogen-bond acceptors (Lipinski definition) is 4. The standard InChI is InChI=1S/C25H37NO3P/c1-6-7-8-10-13-20(2)21(3)29-24(27)23(22-14-11-9-12-15-22)26-18-16-25(28,17-19-26)30(4)5/h7-15,20-21,23,28H,4,6,16-19H2,1-3,5H3/q+1. The fraction of sp³-hybridized carbons (Fsp3) is 0.520. The number of piperidine rings is 1. The lowest BCUT2D eigenvalue weighted by atomic mass is 9.99. The van der Waals surface area contributed by atoms with Gasteiger partial charge in [-0.25, -0.2) is 4.79 Å². The van der Waals surface area contributed by atoms with Gasteiger partial charge in [0, 0.05) is 31.8 Å². The number of nitrogens with zero attached hydrogens (tertiary/aromatic N) is 1. The highest BCUT2D eigenvalue weighted by Crippen LogP contribution is 2.42. The number of carbonyl (C=O) groups excluding carboxylic acids is 1. The summed E-state index contributed by atoms with van der Waals surface area (Å²) in [5, 5.41) is 10.1. The van der Waals surface area contributed by atoms with Crippen molar-refractivity contribution in [2.45, 2.75) is 57.5 Å². The van der Waals surface area contributed by atoms with Gasteiger partial charge in [-0.3, -0.25) is 4.90 Å². The van der Waals surface area contributed by atoms with Crippen LogP contribution in [0.5, 0.6) is 0 Å². The summed E-state index contributed by atoms with van der Waals surface area (Å²) < 4.78 is 5.91. The summed E-state index contributed by atoms with van der Waals surface area (Å²) in [5.74, 6) is -0.106. The number of hydrogen-bond donors (Lipinski definition) is 1. The number of aliphatic hydroxyl groups is 1. The Hall–Kier alpha value is -1.74. The van der Waals surface area contributed by atoms with Crippen molar-refractivity contribution in [3.05, 3.63) is 60.2 Å². The topological polar surface area (TPSA) is 49.8 Å². The van der Waals surface area contributed by atoms with Crippen LogP contribution in [-0.4, -0.2) is 53.5 Å². The first kappa shape index (κ1) is 24.5. The summed E-state index contributed by atoms with van der Waals surface area (Å²) in [7, 11) is -0.691. The summed E-state index contributed by atoms with van der Waals surface area (Å²) in [6, 6.07) is 9.35. The lowest BCUT2D eigenvalue weighted by molar-refractivity contribution is -0.157. The van der Waals surface area contributed by atoms with Crippen molar-refractivity contribution in [1.29, 1.82) is 0 Å². The molecule has 0 aliphatic carbocycles. The first-order chi connectivity index (χ1) is 14.3. The zero-order valence-electron chi connectivity index (χ0n) is 18.8. The predicted octanol–water partition coefficient (Wildman–Crippen LogP) is 5.15. The summed E-state index contributed by atoms with van der Waals surface area (Å²) in [6.07, 6.45) is 14.3. The van der Waals surface area contributed by atoms with Gasteiger partial charge in [0.2, 0.25) is 5.34 Å². The van der Waals surface area contributed by atoms with Crippen LogP contribution in [0.25, 0.3) is 0 Å². The Balaban J connectivity index is 2.12. The van der Waals surface area contributed by atoms with Gasteiger partial charge in [-0.2, -0.15) is 0 Å². The molecule has 1 aliphatic heterocycles. The van der Waals surface area contributed by atoms with Gasteiger partial charge in [0.15, 0.2) is 0 Å². The Morgan fingerprint density at radius 2 is 1.90 bits per heavy atom. The van der Waals surface area contributed by atoms with E-state index in [0.717, 1.165) is 12.0 Å². The molecule has 0 amide bonds. The molecule has 1 saturated heterocycles. The maximum Gasteiger partial charge on any atom is 0.328 e. The number of benzene rings is 1. The molecule has 1 heterocycles. The van der Waals surface area contributed by atoms with Crippen LogP contribution < -0.4 is 0 Å². The van der Waals surface area contributed by atoms with Crippen molar-refractivity contribution in [2.75, 3.05) is 19.8 Å². The van der Waals surface area contributed by atoms with E-state index in [9.17, 15) is 9.90 Å². The van der Waals surface area contributed by atoms with Gasteiger partial charge in [-0.1, -0.05) is 68.5 Å². The van der Waals surface area contributed by atoms with Crippen LogP contribution in [0.4, 0.5) is 0 Å². The van der Waals surface area contributed by atoms with E-state index in [0.29, 0.717) is 25.9 Å². The van der Waals surface area contributed by atoms with Crippen molar-refractivity contribution in [1.82, 2.24) is 4.90 Å². The summed E-state index contributed by atoms with van der Waals surface area (Å²) in [5.41, 5.74) is 0.933. The van der Waals surface area contributed by atoms with Gasteiger partial charge in [0.25, 0.3) is 0 Å². The number of esters is 1. The van der Waals surface area contributed by atoms with Crippen LogP contribution in [0.1, 0.15) is 51.6 Å². The van der Waals surface area contributed by atoms with Crippen LogP contribution in [0.15, 0.2) is 54.6 Å². The molecule has 1 aromatic rings. The maximum absolute atomic E-state index is 13.3. The molecular formula is C25H37NO3P+. The highest BCUT2D eigenvalue weighted by atomic mass is 31.1. The number of likely N-dealkylation sites (tertiary alicyclic amines) is 1. The van der Waals surface area contributed by atoms with Crippen LogP contribution in [0, 0.1) is 5.92 Å². The second-order valence-electron chi connectivity index (χ2n) is 8.25. The fourth-order valence-corrected chi connectivity index (χ4v) is 4.58. The predicted molar refractivity (Wildman–Crippen MR) is 128 cm³/mol. The third-order valence-corrected chi connectivity index (χ3v) is 7.82. The Labute approximate surface area is 183 Å². The molecule has 2 rings (SSSR count). The third kappa shape index (κ3) is 6.63. The van der Waals surface area contributed by atoms with Crippen LogP contribution in [0.2, 0.25) is 0 Å². The Morgan fingerprint density at radius 1 is 1.27 bits per heavy atom. The van der Waals surface area contributed by atoms with E-state index < -0.39 is 18.9 Å². The second kappa shape index (κ2) is 11.6. The van der Waals surface area contributed by atoms with Gasteiger partial charge >= 0.3 is 5.97 Å². The molecule has 30 heavy (non-hydrogen) atoms. The van der Waals surface area contributed by atoms with Crippen molar-refractivity contribution in [2.24, 2.45) is 5.92 Å². The van der Waals surface area contributed by atoms with Crippen molar-refractivity contribution in [3.8, 4) is 0 Å². The van der Waals surface area contributed by atoms with Crippen LogP contribution >= 0.6 is 7.55 Å². The molecule has 1 aromatic carbocycles. The van der Waals surface area contributed by atoms with E-state index in [2.05, 4.69) is 37.2 Å². The van der Waals surface area contributed by atoms with E-state index in [1.54, 1.807) is 0 Å². The molecule has 5 heteroatoms. The normalized spacial score (nSPS) is 20.8. The minimum Gasteiger partial charge on any atom is -0.461 e. The summed E-state index contributed by atoms with van der Waals surface area (Å²) in [6.45, 7) is 9.42. The molecule has 1 aliphatic rings. The van der Waals surface area contributed by atoms with E-state index >= 15 is 0 Å². The number of allylic oxidation sites excluding steroid dienone is 3. The van der Waals surface area contributed by atoms with Crippen molar-refractivity contribution < 1.29 is 14.6 Å². The number of carbonyl (C=O) groups is 1. The van der Waals surface area contributed by atoms with E-state index in [4.69, 9.17) is 4.74 Å². The summed E-state index contributed by atoms with van der Waals surface area (Å²) >= 11 is 0. The molecule has 0 spiro atoms. The fourth-order valence-electron chi connectivity index (χ4n) is 3.62. The second-order valence-corrected chi connectivity index (χ2v) is 10.5. The van der Waals surface area contributed by atoms with E-state index in [1.165, 1.54) is 0 Å². The smallest absolute Gasteiger partial charge is 0.328 e. The molecule has 4 atom stereocenters. The molecule has 4 unspecified atom stereocenters. The minimum absolute atomic E-state index is 0.119. The quantitative estimate of drug-likeness (QED) is 0.335. The average Bonchev–Trinajstić information content (AvgIpc) is 2.73. The number of rotatable bonds is 9. The molecule has 1 fully saturated rings. The molecule has 164 valence electrons. The number of ether oxygens (including phenoxy) is 1. The largest absolute Gasteiger partial charge is 0.461 e. The zero-order valence-corrected chi connectivity index (χ0v) is 19.7. The van der Waals surface area contributed by atoms with Crippen molar-refractivity contribution in [3.63, 3.8) is 0 Å². The Morgan fingerprint density at radius 3 is 2.47 bits per heavy atom. The summed E-state index contributed by atoms with van der Waals surface area (Å²) in [4.78, 5) is 15.4. The third-order valence-electron chi connectivity index (χ3n) is 5.95. The highest BCUT2D eigenvalue weighted by molar-refractivity contribution is 7.56. The van der Waals surface area contributed by atoms with Gasteiger partial charge in [-0.15, -0.1) is 0 Å². The van der Waals surface area contributed by atoms with Gasteiger partial charge in [-0.05, 0) is 18.9 Å². The molecule has 4 nitrogen and oxygen atoms in total. The zero-order chi connectivity index (χ0) is 22.1. The molecule has 0 saturated carbocycles. The molecule has 0 bridgehead atoms. The molecule has 0 aromatic heterocycles.